The van der Waals surface area contributed by atoms with E-state index >= 15 is 0 Å². The van der Waals surface area contributed by atoms with Gasteiger partial charge in [-0.05, 0) is 18.6 Å². The topological polar surface area (TPSA) is 38.7 Å². The van der Waals surface area contributed by atoms with Gasteiger partial charge < -0.3 is 4.74 Å². The van der Waals surface area contributed by atoms with E-state index in [0.29, 0.717) is 11.6 Å². The molecule has 2 rings (SSSR count). The van der Waals surface area contributed by atoms with Gasteiger partial charge in [0.05, 0.1) is 0 Å². The number of benzene rings is 1. The molecule has 0 N–H and O–H groups in total. The molecule has 0 fully saturated rings. The molecule has 1 aliphatic rings. The summed E-state index contributed by atoms with van der Waals surface area (Å²) in [5.74, 6) is 0.0198. The number of carbonyl (C=O) groups excluding carboxylic acids is 1. The largest absolute Gasteiger partial charge is 0.407 e. The Kier molecular flexibility index (Phi) is 2.37. The summed E-state index contributed by atoms with van der Waals surface area (Å²) in [4.78, 5) is 15.2. The van der Waals surface area contributed by atoms with E-state index in [1.807, 2.05) is 31.2 Å². The fourth-order valence-corrected chi connectivity index (χ4v) is 1.34. The summed E-state index contributed by atoms with van der Waals surface area (Å²) in [7, 11) is 0. The van der Waals surface area contributed by atoms with Gasteiger partial charge in [0.2, 0.25) is 0 Å². The number of nitrogens with zero attached hydrogens (tertiary/aromatic N) is 1. The third-order valence-corrected chi connectivity index (χ3v) is 2.11. The highest BCUT2D eigenvalue weighted by Crippen LogP contribution is 2.15. The van der Waals surface area contributed by atoms with E-state index in [2.05, 4.69) is 4.99 Å². The van der Waals surface area contributed by atoms with E-state index in [1.165, 1.54) is 5.56 Å². The Morgan fingerprint density at radius 2 is 1.87 bits per heavy atom. The van der Waals surface area contributed by atoms with Crippen LogP contribution < -0.4 is 0 Å². The Labute approximate surface area is 88.1 Å². The average Bonchev–Trinajstić information content (AvgIpc) is 2.49. The minimum absolute atomic E-state index is 0.358. The molecule has 0 amide bonds. The standard InChI is InChI=1S/C12H11NO2/c1-8-3-5-10(6-4-8)7-11-12(14)15-9(2)13-11/h3-7H,1-2H3/b11-7+. The zero-order valence-corrected chi connectivity index (χ0v) is 8.65. The van der Waals surface area contributed by atoms with Crippen molar-refractivity contribution in [1.29, 1.82) is 0 Å². The molecule has 0 aliphatic carbocycles. The number of rotatable bonds is 1. The van der Waals surface area contributed by atoms with Crippen molar-refractivity contribution in [1.82, 2.24) is 0 Å². The first kappa shape index (κ1) is 9.65. The van der Waals surface area contributed by atoms with Crippen molar-refractivity contribution in [2.75, 3.05) is 0 Å². The molecule has 0 bridgehead atoms. The van der Waals surface area contributed by atoms with Crippen LogP contribution in [0.2, 0.25) is 0 Å². The van der Waals surface area contributed by atoms with Gasteiger partial charge in [-0.3, -0.25) is 0 Å². The fraction of sp³-hybridized carbons (Fsp3) is 0.167. The van der Waals surface area contributed by atoms with Crippen LogP contribution >= 0.6 is 0 Å². The highest BCUT2D eigenvalue weighted by Gasteiger charge is 2.19. The molecule has 1 heterocycles. The first-order chi connectivity index (χ1) is 7.15. The Hall–Kier alpha value is -1.90. The SMILES string of the molecule is CC1=N/C(=C/c2ccc(C)cc2)C(=O)O1. The minimum atomic E-state index is -0.381. The molecular formula is C12H11NO2. The average molecular weight is 201 g/mol. The zero-order valence-electron chi connectivity index (χ0n) is 8.65. The molecule has 15 heavy (non-hydrogen) atoms. The van der Waals surface area contributed by atoms with Crippen molar-refractivity contribution in [2.45, 2.75) is 13.8 Å². The Bertz CT molecular complexity index is 455. The lowest BCUT2D eigenvalue weighted by Gasteiger charge is -1.95. The quantitative estimate of drug-likeness (QED) is 0.516. The van der Waals surface area contributed by atoms with E-state index in [1.54, 1.807) is 13.0 Å². The number of hydrogen-bond acceptors (Lipinski definition) is 3. The van der Waals surface area contributed by atoms with Gasteiger partial charge in [-0.25, -0.2) is 9.79 Å². The number of aliphatic imine (C=N–C) groups is 1. The van der Waals surface area contributed by atoms with Crippen LogP contribution in [0.5, 0.6) is 0 Å². The number of esters is 1. The molecule has 3 nitrogen and oxygen atoms in total. The van der Waals surface area contributed by atoms with Gasteiger partial charge in [0, 0.05) is 6.92 Å². The molecule has 0 spiro atoms. The smallest absolute Gasteiger partial charge is 0.363 e. The lowest BCUT2D eigenvalue weighted by molar-refractivity contribution is -0.130. The van der Waals surface area contributed by atoms with Crippen LogP contribution in [0.4, 0.5) is 0 Å². The van der Waals surface area contributed by atoms with Gasteiger partial charge in [0.1, 0.15) is 0 Å². The molecule has 76 valence electrons. The van der Waals surface area contributed by atoms with Gasteiger partial charge in [-0.15, -0.1) is 0 Å². The highest BCUT2D eigenvalue weighted by molar-refractivity contribution is 6.06. The van der Waals surface area contributed by atoms with Crippen LogP contribution in [0.1, 0.15) is 18.1 Å². The van der Waals surface area contributed by atoms with Gasteiger partial charge >= 0.3 is 5.97 Å². The lowest BCUT2D eigenvalue weighted by atomic mass is 10.1. The Morgan fingerprint density at radius 1 is 1.20 bits per heavy atom. The third kappa shape index (κ3) is 2.13. The summed E-state index contributed by atoms with van der Waals surface area (Å²) in [5.41, 5.74) is 2.49. The predicted octanol–water partition coefficient (Wildman–Crippen LogP) is 2.31. The summed E-state index contributed by atoms with van der Waals surface area (Å²) in [6.45, 7) is 3.68. The molecule has 0 atom stereocenters. The lowest BCUT2D eigenvalue weighted by Crippen LogP contribution is -1.99. The van der Waals surface area contributed by atoms with Crippen LogP contribution in [0.3, 0.4) is 0 Å². The van der Waals surface area contributed by atoms with Gasteiger partial charge in [0.15, 0.2) is 11.6 Å². The predicted molar refractivity (Wildman–Crippen MR) is 58.4 cm³/mol. The van der Waals surface area contributed by atoms with Crippen LogP contribution in [0, 0.1) is 6.92 Å². The molecule has 0 radical (unpaired) electrons. The molecule has 3 heteroatoms. The molecule has 0 saturated heterocycles. The first-order valence-corrected chi connectivity index (χ1v) is 4.71. The van der Waals surface area contributed by atoms with Crippen molar-refractivity contribution >= 4 is 17.9 Å². The van der Waals surface area contributed by atoms with Crippen LogP contribution in [-0.4, -0.2) is 11.9 Å². The number of aryl methyl sites for hydroxylation is 1. The highest BCUT2D eigenvalue weighted by atomic mass is 16.6. The van der Waals surface area contributed by atoms with Crippen molar-refractivity contribution in [2.24, 2.45) is 4.99 Å². The first-order valence-electron chi connectivity index (χ1n) is 4.71. The van der Waals surface area contributed by atoms with Gasteiger partial charge in [0.25, 0.3) is 0 Å². The fourth-order valence-electron chi connectivity index (χ4n) is 1.34. The summed E-state index contributed by atoms with van der Waals surface area (Å²) in [5, 5.41) is 0. The summed E-state index contributed by atoms with van der Waals surface area (Å²) >= 11 is 0. The second-order valence-corrected chi connectivity index (χ2v) is 3.46. The maximum absolute atomic E-state index is 11.3. The normalized spacial score (nSPS) is 17.9. The second kappa shape index (κ2) is 3.69. The molecule has 0 aromatic heterocycles. The molecule has 1 aromatic carbocycles. The summed E-state index contributed by atoms with van der Waals surface area (Å²) in [6, 6.07) is 7.87. The second-order valence-electron chi connectivity index (χ2n) is 3.46. The summed E-state index contributed by atoms with van der Waals surface area (Å²) < 4.78 is 4.81. The van der Waals surface area contributed by atoms with Crippen LogP contribution in [-0.2, 0) is 9.53 Å². The monoisotopic (exact) mass is 201 g/mol. The van der Waals surface area contributed by atoms with E-state index in [9.17, 15) is 4.79 Å². The molecule has 0 unspecified atom stereocenters. The number of hydrogen-bond donors (Lipinski definition) is 0. The van der Waals surface area contributed by atoms with Crippen molar-refractivity contribution in [3.8, 4) is 0 Å². The zero-order chi connectivity index (χ0) is 10.8. The molecule has 1 aromatic rings. The maximum atomic E-state index is 11.3. The van der Waals surface area contributed by atoms with Gasteiger partial charge in [-0.2, -0.15) is 0 Å². The van der Waals surface area contributed by atoms with Gasteiger partial charge in [-0.1, -0.05) is 29.8 Å². The van der Waals surface area contributed by atoms with Crippen molar-refractivity contribution in [3.05, 3.63) is 41.1 Å². The number of cyclic esters (lactones) is 1. The number of ether oxygens (including phenoxy) is 1. The van der Waals surface area contributed by atoms with Crippen LogP contribution in [0.25, 0.3) is 6.08 Å². The Morgan fingerprint density at radius 3 is 2.40 bits per heavy atom. The number of carbonyl (C=O) groups is 1. The third-order valence-electron chi connectivity index (χ3n) is 2.11. The maximum Gasteiger partial charge on any atom is 0.363 e. The van der Waals surface area contributed by atoms with E-state index < -0.39 is 0 Å². The minimum Gasteiger partial charge on any atom is -0.407 e. The molecule has 0 saturated carbocycles. The van der Waals surface area contributed by atoms with E-state index in [0.717, 1.165) is 5.56 Å². The Balaban J connectivity index is 2.31. The van der Waals surface area contributed by atoms with Crippen molar-refractivity contribution < 1.29 is 9.53 Å². The van der Waals surface area contributed by atoms with Crippen molar-refractivity contribution in [3.63, 3.8) is 0 Å². The molecule has 1 aliphatic heterocycles. The molecular weight excluding hydrogens is 190 g/mol. The van der Waals surface area contributed by atoms with E-state index in [4.69, 9.17) is 4.74 Å². The van der Waals surface area contributed by atoms with Crippen LogP contribution in [0.15, 0.2) is 35.0 Å². The summed E-state index contributed by atoms with van der Waals surface area (Å²) in [6.07, 6.45) is 1.72. The van der Waals surface area contributed by atoms with E-state index in [-0.39, 0.29) is 5.97 Å².